The van der Waals surface area contributed by atoms with E-state index in [-0.39, 0.29) is 6.61 Å². The number of aliphatic hydroxyl groups is 1. The van der Waals surface area contributed by atoms with Crippen LogP contribution in [0.1, 0.15) is 60.3 Å². The van der Waals surface area contributed by atoms with Crippen LogP contribution in [0.2, 0.25) is 0 Å². The Bertz CT molecular complexity index is 280. The first-order valence-electron chi connectivity index (χ1n) is 8.94. The largest absolute Gasteiger partial charge is 0.395 e. The van der Waals surface area contributed by atoms with E-state index in [4.69, 9.17) is 0 Å². The quantitative estimate of drug-likeness (QED) is 0.686. The van der Waals surface area contributed by atoms with Crippen molar-refractivity contribution < 1.29 is 5.11 Å². The van der Waals surface area contributed by atoms with E-state index in [1.807, 2.05) is 0 Å². The first-order chi connectivity index (χ1) is 9.88. The smallest absolute Gasteiger partial charge is 0.0558 e. The maximum absolute atomic E-state index is 9.34. The normalized spacial score (nSPS) is 27.0. The van der Waals surface area contributed by atoms with E-state index in [9.17, 15) is 5.11 Å². The average molecular weight is 299 g/mol. The Morgan fingerprint density at radius 1 is 1.29 bits per heavy atom. The number of nitrogens with zero attached hydrogens (tertiary/aromatic N) is 1. The topological polar surface area (TPSA) is 35.5 Å². The minimum Gasteiger partial charge on any atom is -0.395 e. The van der Waals surface area contributed by atoms with E-state index < -0.39 is 0 Å². The zero-order chi connectivity index (χ0) is 15.9. The van der Waals surface area contributed by atoms with Crippen molar-refractivity contribution in [3.05, 3.63) is 0 Å². The van der Waals surface area contributed by atoms with Crippen molar-refractivity contribution >= 4 is 0 Å². The summed E-state index contributed by atoms with van der Waals surface area (Å²) in [6, 6.07) is 0.511. The monoisotopic (exact) mass is 298 g/mol. The minimum absolute atomic E-state index is 0.267. The summed E-state index contributed by atoms with van der Waals surface area (Å²) in [5.41, 5.74) is 0.395. The van der Waals surface area contributed by atoms with Gasteiger partial charge in [-0.15, -0.1) is 0 Å². The summed E-state index contributed by atoms with van der Waals surface area (Å²) in [7, 11) is 0. The third-order valence-corrected chi connectivity index (χ3v) is 4.89. The molecule has 0 radical (unpaired) electrons. The van der Waals surface area contributed by atoms with Gasteiger partial charge in [0.1, 0.15) is 0 Å². The molecular weight excluding hydrogens is 260 g/mol. The second-order valence-corrected chi connectivity index (χ2v) is 8.01. The molecule has 0 aromatic heterocycles. The van der Waals surface area contributed by atoms with Gasteiger partial charge in [0.05, 0.1) is 6.61 Å². The Kier molecular flexibility index (Phi) is 8.22. The Morgan fingerprint density at radius 3 is 2.52 bits per heavy atom. The van der Waals surface area contributed by atoms with Crippen LogP contribution >= 0.6 is 0 Å². The van der Waals surface area contributed by atoms with E-state index in [1.165, 1.54) is 25.7 Å². The number of hydrogen-bond donors (Lipinski definition) is 2. The molecule has 0 spiro atoms. The Labute approximate surface area is 132 Å². The van der Waals surface area contributed by atoms with Gasteiger partial charge in [-0.3, -0.25) is 4.90 Å². The molecule has 0 aliphatic heterocycles. The minimum atomic E-state index is 0.267. The molecule has 21 heavy (non-hydrogen) atoms. The van der Waals surface area contributed by atoms with E-state index in [0.717, 1.165) is 32.1 Å². The molecule has 3 heteroatoms. The summed E-state index contributed by atoms with van der Waals surface area (Å²) in [6.07, 6.45) is 5.40. The van der Waals surface area contributed by atoms with E-state index in [2.05, 4.69) is 44.8 Å². The lowest BCUT2D eigenvalue weighted by atomic mass is 9.69. The number of nitrogens with one attached hydrogen (secondary N) is 1. The molecule has 0 bridgehead atoms. The van der Waals surface area contributed by atoms with E-state index >= 15 is 0 Å². The van der Waals surface area contributed by atoms with Crippen LogP contribution in [-0.2, 0) is 0 Å². The lowest BCUT2D eigenvalue weighted by molar-refractivity contribution is 0.0543. The van der Waals surface area contributed by atoms with Crippen LogP contribution in [0.3, 0.4) is 0 Å². The van der Waals surface area contributed by atoms with Crippen LogP contribution in [0.5, 0.6) is 0 Å². The highest BCUT2D eigenvalue weighted by Gasteiger charge is 2.36. The molecule has 1 aliphatic carbocycles. The lowest BCUT2D eigenvalue weighted by Crippen LogP contribution is -2.49. The summed E-state index contributed by atoms with van der Waals surface area (Å²) in [5.74, 6) is 1.55. The Balaban J connectivity index is 2.70. The maximum Gasteiger partial charge on any atom is 0.0558 e. The second kappa shape index (κ2) is 9.12. The van der Waals surface area contributed by atoms with Crippen molar-refractivity contribution in [3.8, 4) is 0 Å². The van der Waals surface area contributed by atoms with Crippen molar-refractivity contribution in [2.75, 3.05) is 32.8 Å². The van der Waals surface area contributed by atoms with Gasteiger partial charge in [0.25, 0.3) is 0 Å². The summed E-state index contributed by atoms with van der Waals surface area (Å²) in [4.78, 5) is 2.47. The molecule has 1 rings (SSSR count). The highest BCUT2D eigenvalue weighted by atomic mass is 16.3. The molecule has 0 saturated heterocycles. The van der Waals surface area contributed by atoms with Crippen LogP contribution < -0.4 is 5.32 Å². The molecule has 2 unspecified atom stereocenters. The van der Waals surface area contributed by atoms with Gasteiger partial charge in [-0.05, 0) is 50.5 Å². The molecule has 1 saturated carbocycles. The van der Waals surface area contributed by atoms with Crippen molar-refractivity contribution in [1.29, 1.82) is 0 Å². The van der Waals surface area contributed by atoms with Gasteiger partial charge < -0.3 is 10.4 Å². The first-order valence-corrected chi connectivity index (χ1v) is 8.94. The van der Waals surface area contributed by atoms with Crippen molar-refractivity contribution in [2.24, 2.45) is 17.3 Å². The van der Waals surface area contributed by atoms with Crippen LogP contribution in [0.15, 0.2) is 0 Å². The highest BCUT2D eigenvalue weighted by molar-refractivity contribution is 4.90. The van der Waals surface area contributed by atoms with Crippen molar-refractivity contribution in [3.63, 3.8) is 0 Å². The molecule has 1 aliphatic rings. The fraction of sp³-hybridized carbons (Fsp3) is 1.00. The molecular formula is C18H38N2O. The fourth-order valence-corrected chi connectivity index (χ4v) is 3.83. The molecule has 0 aromatic carbocycles. The van der Waals surface area contributed by atoms with Crippen molar-refractivity contribution in [2.45, 2.75) is 66.3 Å². The van der Waals surface area contributed by atoms with E-state index in [0.29, 0.717) is 17.4 Å². The SMILES string of the molecule is CC(C)CNCC1(CN(CCO)C(C)C)CCCC(C)C1. The predicted octanol–water partition coefficient (Wildman–Crippen LogP) is 3.13. The zero-order valence-electron chi connectivity index (χ0n) is 15.0. The van der Waals surface area contributed by atoms with Gasteiger partial charge in [0.2, 0.25) is 0 Å². The summed E-state index contributed by atoms with van der Waals surface area (Å²) in [5, 5.41) is 13.1. The molecule has 0 heterocycles. The maximum atomic E-state index is 9.34. The Hall–Kier alpha value is -0.120. The highest BCUT2D eigenvalue weighted by Crippen LogP contribution is 2.40. The molecule has 2 N–H and O–H groups in total. The number of aliphatic hydroxyl groups excluding tert-OH is 1. The van der Waals surface area contributed by atoms with Crippen LogP contribution in [0.4, 0.5) is 0 Å². The van der Waals surface area contributed by atoms with Crippen molar-refractivity contribution in [1.82, 2.24) is 10.2 Å². The number of rotatable bonds is 9. The molecule has 0 aromatic rings. The van der Waals surface area contributed by atoms with Crippen LogP contribution in [-0.4, -0.2) is 48.8 Å². The molecule has 0 amide bonds. The number of hydrogen-bond acceptors (Lipinski definition) is 3. The summed E-state index contributed by atoms with van der Waals surface area (Å²) < 4.78 is 0. The summed E-state index contributed by atoms with van der Waals surface area (Å²) in [6.45, 7) is 15.9. The van der Waals surface area contributed by atoms with Crippen LogP contribution in [0, 0.1) is 17.3 Å². The lowest BCUT2D eigenvalue weighted by Gasteiger charge is -2.44. The van der Waals surface area contributed by atoms with Gasteiger partial charge in [0, 0.05) is 25.7 Å². The third-order valence-electron chi connectivity index (χ3n) is 4.89. The molecule has 126 valence electrons. The van der Waals surface area contributed by atoms with E-state index in [1.54, 1.807) is 0 Å². The van der Waals surface area contributed by atoms with Gasteiger partial charge in [-0.1, -0.05) is 33.6 Å². The fourth-order valence-electron chi connectivity index (χ4n) is 3.83. The predicted molar refractivity (Wildman–Crippen MR) is 91.6 cm³/mol. The zero-order valence-corrected chi connectivity index (χ0v) is 15.0. The Morgan fingerprint density at radius 2 is 2.00 bits per heavy atom. The van der Waals surface area contributed by atoms with Gasteiger partial charge in [-0.25, -0.2) is 0 Å². The molecule has 2 atom stereocenters. The second-order valence-electron chi connectivity index (χ2n) is 8.01. The van der Waals surface area contributed by atoms with Gasteiger partial charge in [0.15, 0.2) is 0 Å². The molecule has 3 nitrogen and oxygen atoms in total. The first kappa shape index (κ1) is 18.9. The molecule has 1 fully saturated rings. The van der Waals surface area contributed by atoms with Gasteiger partial charge >= 0.3 is 0 Å². The third kappa shape index (κ3) is 6.66. The average Bonchev–Trinajstić information content (AvgIpc) is 2.37. The standard InChI is InChI=1S/C18H38N2O/c1-15(2)12-19-13-18(8-6-7-17(5)11-18)14-20(9-10-21)16(3)4/h15-17,19,21H,6-14H2,1-5H3. The summed E-state index contributed by atoms with van der Waals surface area (Å²) >= 11 is 0. The van der Waals surface area contributed by atoms with Crippen LogP contribution in [0.25, 0.3) is 0 Å². The van der Waals surface area contributed by atoms with Gasteiger partial charge in [-0.2, -0.15) is 0 Å².